The third kappa shape index (κ3) is 4.05. The summed E-state index contributed by atoms with van der Waals surface area (Å²) in [6.45, 7) is 2.62. The van der Waals surface area contributed by atoms with Crippen LogP contribution >= 0.6 is 11.6 Å². The van der Waals surface area contributed by atoms with Crippen LogP contribution in [-0.4, -0.2) is 50.8 Å². The van der Waals surface area contributed by atoms with Gasteiger partial charge in [-0.1, -0.05) is 11.6 Å². The molecule has 7 nitrogen and oxygen atoms in total. The van der Waals surface area contributed by atoms with Gasteiger partial charge in [0.2, 0.25) is 0 Å². The van der Waals surface area contributed by atoms with Crippen molar-refractivity contribution in [1.29, 1.82) is 0 Å². The van der Waals surface area contributed by atoms with Crippen molar-refractivity contribution in [3.63, 3.8) is 0 Å². The molecule has 0 radical (unpaired) electrons. The third-order valence-electron chi connectivity index (χ3n) is 4.59. The first-order valence-electron chi connectivity index (χ1n) is 8.90. The van der Waals surface area contributed by atoms with E-state index < -0.39 is 21.4 Å². The second-order valence-electron chi connectivity index (χ2n) is 6.65. The van der Waals surface area contributed by atoms with Gasteiger partial charge in [-0.05, 0) is 36.4 Å². The molecule has 0 spiro atoms. The van der Waals surface area contributed by atoms with E-state index in [1.54, 1.807) is 18.2 Å². The summed E-state index contributed by atoms with van der Waals surface area (Å²) >= 11 is 6.10. The minimum Gasteiger partial charge on any atom is -0.376 e. The molecule has 0 amide bonds. The van der Waals surface area contributed by atoms with Crippen molar-refractivity contribution in [1.82, 2.24) is 10.2 Å². The first kappa shape index (κ1) is 20.8. The minimum atomic E-state index is -5.79. The fraction of sp³-hybridized carbons (Fsp3) is 0.278. The molecular formula is C18H16ClF3N4O3S. The van der Waals surface area contributed by atoms with E-state index in [9.17, 15) is 21.6 Å². The summed E-state index contributed by atoms with van der Waals surface area (Å²) in [7, 11) is -5.79. The highest BCUT2D eigenvalue weighted by molar-refractivity contribution is 7.88. The first-order valence-corrected chi connectivity index (χ1v) is 10.7. The monoisotopic (exact) mass is 460 g/mol. The molecule has 1 fully saturated rings. The Kier molecular flexibility index (Phi) is 5.28. The highest BCUT2D eigenvalue weighted by atomic mass is 35.5. The summed E-state index contributed by atoms with van der Waals surface area (Å²) in [6.07, 6.45) is 0. The maximum atomic E-state index is 12.7. The van der Waals surface area contributed by atoms with Gasteiger partial charge in [-0.3, -0.25) is 0 Å². The normalized spacial score (nSPS) is 16.7. The highest BCUT2D eigenvalue weighted by Crippen LogP contribution is 2.38. The van der Waals surface area contributed by atoms with Crippen molar-refractivity contribution < 1.29 is 25.8 Å². The van der Waals surface area contributed by atoms with E-state index >= 15 is 0 Å². The van der Waals surface area contributed by atoms with Crippen LogP contribution in [0.25, 0.3) is 0 Å². The van der Waals surface area contributed by atoms with Gasteiger partial charge in [0.25, 0.3) is 0 Å². The minimum absolute atomic E-state index is 0.416. The van der Waals surface area contributed by atoms with E-state index in [-0.39, 0.29) is 0 Å². The zero-order valence-electron chi connectivity index (χ0n) is 15.3. The number of anilines is 2. The van der Waals surface area contributed by atoms with E-state index in [1.165, 1.54) is 12.1 Å². The molecule has 12 heteroatoms. The highest BCUT2D eigenvalue weighted by Gasteiger charge is 2.48. The number of benzene rings is 2. The van der Waals surface area contributed by atoms with Gasteiger partial charge in [0.15, 0.2) is 0 Å². The second kappa shape index (κ2) is 7.64. The lowest BCUT2D eigenvalue weighted by Crippen LogP contribution is -2.46. The largest absolute Gasteiger partial charge is 0.534 e. The topological polar surface area (TPSA) is 83.0 Å². The molecule has 2 N–H and O–H groups in total. The number of hydrogen-bond donors (Lipinski definition) is 2. The number of alkyl halides is 3. The number of nitrogens with one attached hydrogen (secondary N) is 2. The molecule has 0 unspecified atom stereocenters. The lowest BCUT2D eigenvalue weighted by molar-refractivity contribution is -0.0500. The van der Waals surface area contributed by atoms with Crippen LogP contribution in [0.5, 0.6) is 5.75 Å². The van der Waals surface area contributed by atoms with Crippen molar-refractivity contribution in [2.45, 2.75) is 5.51 Å². The number of hydrogen-bond acceptors (Lipinski definition) is 7. The molecule has 160 valence electrons. The number of nitrogens with zero attached hydrogens (tertiary/aromatic N) is 2. The van der Waals surface area contributed by atoms with Gasteiger partial charge in [0.1, 0.15) is 11.6 Å². The molecule has 2 aromatic carbocycles. The zero-order chi connectivity index (χ0) is 21.5. The summed E-state index contributed by atoms with van der Waals surface area (Å²) in [5.74, 6) is 0.0228. The molecule has 0 atom stereocenters. The number of amidine groups is 1. The van der Waals surface area contributed by atoms with Crippen molar-refractivity contribution in [2.75, 3.05) is 31.5 Å². The van der Waals surface area contributed by atoms with Crippen molar-refractivity contribution in [3.8, 4) is 5.75 Å². The molecule has 30 heavy (non-hydrogen) atoms. The van der Waals surface area contributed by atoms with E-state index in [1.807, 2.05) is 4.90 Å². The summed E-state index contributed by atoms with van der Waals surface area (Å²) in [4.78, 5) is 6.66. The quantitative estimate of drug-likeness (QED) is 0.526. The Labute approximate surface area is 175 Å². The Morgan fingerprint density at radius 2 is 1.77 bits per heavy atom. The van der Waals surface area contributed by atoms with Crippen LogP contribution in [0.3, 0.4) is 0 Å². The number of rotatable bonds is 2. The Bertz CT molecular complexity index is 1120. The Hall–Kier alpha value is -2.50. The second-order valence-corrected chi connectivity index (χ2v) is 8.62. The van der Waals surface area contributed by atoms with Crippen LogP contribution in [0, 0.1) is 0 Å². The predicted octanol–water partition coefficient (Wildman–Crippen LogP) is 3.61. The molecule has 0 bridgehead atoms. The number of piperazine rings is 1. The standard InChI is InChI=1S/C18H16ClF3N4O3S/c19-11-1-3-15-16(9-11)25-17(26-7-5-23-6-8-26)13-10-12(2-4-14(13)24-15)29-30(27,28)18(20,21)22/h1-4,9-10,23-24H,5-8H2. The van der Waals surface area contributed by atoms with Gasteiger partial charge >= 0.3 is 15.6 Å². The molecule has 0 saturated carbocycles. The molecule has 4 rings (SSSR count). The number of aliphatic imine (C=N–C) groups is 1. The average Bonchev–Trinajstić information content (AvgIpc) is 2.84. The van der Waals surface area contributed by atoms with Gasteiger partial charge < -0.3 is 19.7 Å². The van der Waals surface area contributed by atoms with Crippen LogP contribution in [-0.2, 0) is 10.1 Å². The molecule has 2 aliphatic rings. The first-order chi connectivity index (χ1) is 14.1. The summed E-state index contributed by atoms with van der Waals surface area (Å²) in [6, 6.07) is 8.95. The molecule has 0 aromatic heterocycles. The smallest absolute Gasteiger partial charge is 0.376 e. The van der Waals surface area contributed by atoms with E-state index in [0.29, 0.717) is 59.7 Å². The Balaban J connectivity index is 1.82. The Morgan fingerprint density at radius 1 is 1.07 bits per heavy atom. The summed E-state index contributed by atoms with van der Waals surface area (Å²) < 4.78 is 65.4. The maximum absolute atomic E-state index is 12.7. The zero-order valence-corrected chi connectivity index (χ0v) is 16.9. The number of halogens is 4. The lowest BCUT2D eigenvalue weighted by atomic mass is 10.1. The van der Waals surface area contributed by atoms with Crippen LogP contribution < -0.4 is 14.8 Å². The summed E-state index contributed by atoms with van der Waals surface area (Å²) in [5, 5.41) is 6.87. The number of fused-ring (bicyclic) bond motifs is 2. The van der Waals surface area contributed by atoms with Gasteiger partial charge in [-0.15, -0.1) is 0 Å². The average molecular weight is 461 g/mol. The molecule has 1 saturated heterocycles. The van der Waals surface area contributed by atoms with Crippen molar-refractivity contribution in [3.05, 3.63) is 47.0 Å². The molecule has 2 aliphatic heterocycles. The van der Waals surface area contributed by atoms with Crippen molar-refractivity contribution in [2.24, 2.45) is 4.99 Å². The molecule has 2 heterocycles. The van der Waals surface area contributed by atoms with E-state index in [4.69, 9.17) is 16.6 Å². The fourth-order valence-electron chi connectivity index (χ4n) is 3.18. The van der Waals surface area contributed by atoms with Crippen LogP contribution in [0.1, 0.15) is 5.56 Å². The molecule has 2 aromatic rings. The lowest BCUT2D eigenvalue weighted by Gasteiger charge is -2.30. The van der Waals surface area contributed by atoms with Crippen LogP contribution in [0.15, 0.2) is 41.4 Å². The molecule has 0 aliphatic carbocycles. The van der Waals surface area contributed by atoms with Crippen LogP contribution in [0.2, 0.25) is 5.02 Å². The SMILES string of the molecule is O=S(=O)(Oc1ccc2c(c1)C(N1CCNCC1)=Nc1cc(Cl)ccc1N2)C(F)(F)F. The van der Waals surface area contributed by atoms with Gasteiger partial charge in [0.05, 0.1) is 11.4 Å². The third-order valence-corrected chi connectivity index (χ3v) is 5.81. The van der Waals surface area contributed by atoms with Crippen LogP contribution in [0.4, 0.5) is 30.2 Å². The van der Waals surface area contributed by atoms with E-state index in [2.05, 4.69) is 14.8 Å². The fourth-order valence-corrected chi connectivity index (χ4v) is 3.80. The van der Waals surface area contributed by atoms with E-state index in [0.717, 1.165) is 6.07 Å². The van der Waals surface area contributed by atoms with Gasteiger partial charge in [0, 0.05) is 42.5 Å². The molecular weight excluding hydrogens is 445 g/mol. The van der Waals surface area contributed by atoms with Gasteiger partial charge in [-0.2, -0.15) is 21.6 Å². The maximum Gasteiger partial charge on any atom is 0.534 e. The summed E-state index contributed by atoms with van der Waals surface area (Å²) in [5.41, 5.74) is -3.36. The van der Waals surface area contributed by atoms with Crippen molar-refractivity contribution >= 4 is 44.6 Å². The van der Waals surface area contributed by atoms with Gasteiger partial charge in [-0.25, -0.2) is 4.99 Å². The predicted molar refractivity (Wildman–Crippen MR) is 107 cm³/mol. The Morgan fingerprint density at radius 3 is 2.47 bits per heavy atom.